The van der Waals surface area contributed by atoms with Gasteiger partial charge in [0.2, 0.25) is 11.8 Å². The summed E-state index contributed by atoms with van der Waals surface area (Å²) in [6.07, 6.45) is 4.42. The van der Waals surface area contributed by atoms with Crippen LogP contribution in [0.1, 0.15) is 42.4 Å². The number of amides is 2. The molecule has 194 valence electrons. The van der Waals surface area contributed by atoms with Crippen molar-refractivity contribution in [1.29, 1.82) is 0 Å². The van der Waals surface area contributed by atoms with Crippen molar-refractivity contribution in [2.75, 3.05) is 5.75 Å². The number of halogens is 2. The minimum Gasteiger partial charge on any atom is -0.352 e. The van der Waals surface area contributed by atoms with Crippen molar-refractivity contribution < 1.29 is 14.0 Å². The molecule has 0 spiro atoms. The summed E-state index contributed by atoms with van der Waals surface area (Å²) in [5, 5.41) is 3.83. The first-order valence-corrected chi connectivity index (χ1v) is 14.2. The molecule has 4 rings (SSSR count). The van der Waals surface area contributed by atoms with E-state index in [1.807, 2.05) is 54.6 Å². The Morgan fingerprint density at radius 3 is 2.30 bits per heavy atom. The molecular formula is C30H32ClFN2O2S. The standard InChI is InChI=1S/C30H32ClFN2O2S/c31-26-16-8-4-13-24(26)20-37-21-29(35)34(19-23-12-5-9-17-27(23)32)28(18-22-10-2-1-3-11-22)30(36)33-25-14-6-7-15-25/h1-5,8-13,16-17,25,28H,6-7,14-15,18-21H2,(H,33,36)/t28-/m0/s1. The monoisotopic (exact) mass is 538 g/mol. The number of hydrogen-bond donors (Lipinski definition) is 1. The third-order valence-corrected chi connectivity index (χ3v) is 8.05. The minimum atomic E-state index is -0.754. The van der Waals surface area contributed by atoms with E-state index in [0.717, 1.165) is 36.8 Å². The lowest BCUT2D eigenvalue weighted by molar-refractivity contribution is -0.139. The highest BCUT2D eigenvalue weighted by molar-refractivity contribution is 7.99. The molecule has 3 aromatic rings. The van der Waals surface area contributed by atoms with Gasteiger partial charge in [0.25, 0.3) is 0 Å². The minimum absolute atomic E-state index is 0.0216. The maximum atomic E-state index is 14.7. The third kappa shape index (κ3) is 7.83. The van der Waals surface area contributed by atoms with Crippen LogP contribution in [0.4, 0.5) is 4.39 Å². The molecule has 7 heteroatoms. The molecular weight excluding hydrogens is 507 g/mol. The second-order valence-electron chi connectivity index (χ2n) is 9.39. The number of carbonyl (C=O) groups excluding carboxylic acids is 2. The summed E-state index contributed by atoms with van der Waals surface area (Å²) in [6.45, 7) is 0.0216. The molecule has 1 aliphatic carbocycles. The van der Waals surface area contributed by atoms with Crippen LogP contribution >= 0.6 is 23.4 Å². The molecule has 0 radical (unpaired) electrons. The van der Waals surface area contributed by atoms with Crippen LogP contribution in [0.3, 0.4) is 0 Å². The van der Waals surface area contributed by atoms with E-state index in [1.165, 1.54) is 17.8 Å². The molecule has 1 fully saturated rings. The first-order valence-electron chi connectivity index (χ1n) is 12.7. The highest BCUT2D eigenvalue weighted by Crippen LogP contribution is 2.24. The number of nitrogens with zero attached hydrogens (tertiary/aromatic N) is 1. The summed E-state index contributed by atoms with van der Waals surface area (Å²) in [4.78, 5) is 28.9. The van der Waals surface area contributed by atoms with Crippen molar-refractivity contribution in [3.05, 3.63) is 106 Å². The SMILES string of the molecule is O=C(NC1CCCC1)[C@H](Cc1ccccc1)N(Cc1ccccc1F)C(=O)CSCc1ccccc1Cl. The number of nitrogens with one attached hydrogen (secondary N) is 1. The Hall–Kier alpha value is -2.83. The predicted molar refractivity (Wildman–Crippen MR) is 149 cm³/mol. The maximum Gasteiger partial charge on any atom is 0.243 e. The Kier molecular flexibility index (Phi) is 10.0. The van der Waals surface area contributed by atoms with Crippen LogP contribution in [0, 0.1) is 5.82 Å². The zero-order chi connectivity index (χ0) is 26.0. The van der Waals surface area contributed by atoms with E-state index >= 15 is 0 Å². The molecule has 4 nitrogen and oxygen atoms in total. The van der Waals surface area contributed by atoms with E-state index in [2.05, 4.69) is 5.32 Å². The van der Waals surface area contributed by atoms with Crippen LogP contribution in [0.25, 0.3) is 0 Å². The average molecular weight is 539 g/mol. The number of hydrogen-bond acceptors (Lipinski definition) is 3. The van der Waals surface area contributed by atoms with E-state index < -0.39 is 11.9 Å². The molecule has 1 atom stereocenters. The summed E-state index contributed by atoms with van der Waals surface area (Å²) in [5.41, 5.74) is 2.28. The summed E-state index contributed by atoms with van der Waals surface area (Å²) in [6, 6.07) is 23.0. The van der Waals surface area contributed by atoms with Gasteiger partial charge in [0.1, 0.15) is 11.9 Å². The van der Waals surface area contributed by atoms with Crippen LogP contribution in [0.15, 0.2) is 78.9 Å². The topological polar surface area (TPSA) is 49.4 Å². The van der Waals surface area contributed by atoms with E-state index in [1.54, 1.807) is 23.1 Å². The second-order valence-corrected chi connectivity index (χ2v) is 10.8. The van der Waals surface area contributed by atoms with Crippen LogP contribution in [0.5, 0.6) is 0 Å². The molecule has 1 saturated carbocycles. The molecule has 0 bridgehead atoms. The van der Waals surface area contributed by atoms with Crippen LogP contribution in [0.2, 0.25) is 5.02 Å². The number of carbonyl (C=O) groups is 2. The zero-order valence-electron chi connectivity index (χ0n) is 20.7. The highest BCUT2D eigenvalue weighted by Gasteiger charge is 2.32. The van der Waals surface area contributed by atoms with Crippen molar-refractivity contribution >= 4 is 35.2 Å². The maximum absolute atomic E-state index is 14.7. The first kappa shape index (κ1) is 27.2. The van der Waals surface area contributed by atoms with E-state index in [9.17, 15) is 14.0 Å². The molecule has 2 amide bonds. The first-order chi connectivity index (χ1) is 18.0. The predicted octanol–water partition coefficient (Wildman–Crippen LogP) is 6.41. The van der Waals surface area contributed by atoms with Gasteiger partial charge < -0.3 is 10.2 Å². The zero-order valence-corrected chi connectivity index (χ0v) is 22.3. The molecule has 1 aliphatic rings. The second kappa shape index (κ2) is 13.6. The summed E-state index contributed by atoms with van der Waals surface area (Å²) < 4.78 is 14.7. The van der Waals surface area contributed by atoms with Gasteiger partial charge in [-0.2, -0.15) is 0 Å². The Labute approximate surface area is 227 Å². The van der Waals surface area contributed by atoms with Gasteiger partial charge in [-0.15, -0.1) is 11.8 Å². The molecule has 37 heavy (non-hydrogen) atoms. The lowest BCUT2D eigenvalue weighted by atomic mass is 10.0. The van der Waals surface area contributed by atoms with Crippen molar-refractivity contribution in [2.45, 2.75) is 56.5 Å². The fourth-order valence-electron chi connectivity index (χ4n) is 4.68. The van der Waals surface area contributed by atoms with Gasteiger partial charge in [0.15, 0.2) is 0 Å². The summed E-state index contributed by atoms with van der Waals surface area (Å²) >= 11 is 7.73. The van der Waals surface area contributed by atoms with Gasteiger partial charge in [-0.1, -0.05) is 91.2 Å². The van der Waals surface area contributed by atoms with E-state index in [4.69, 9.17) is 11.6 Å². The average Bonchev–Trinajstić information content (AvgIpc) is 3.42. The number of benzene rings is 3. The van der Waals surface area contributed by atoms with Gasteiger partial charge in [-0.05, 0) is 36.1 Å². The molecule has 1 N–H and O–H groups in total. The molecule has 0 unspecified atom stereocenters. The Balaban J connectivity index is 1.58. The molecule has 0 heterocycles. The fraction of sp³-hybridized carbons (Fsp3) is 0.333. The third-order valence-electron chi connectivity index (χ3n) is 6.71. The fourth-order valence-corrected chi connectivity index (χ4v) is 5.87. The van der Waals surface area contributed by atoms with Crippen LogP contribution < -0.4 is 5.32 Å². The van der Waals surface area contributed by atoms with Gasteiger partial charge in [-0.3, -0.25) is 9.59 Å². The number of rotatable bonds is 11. The van der Waals surface area contributed by atoms with Crippen LogP contribution in [-0.2, 0) is 28.3 Å². The number of thioether (sulfide) groups is 1. The van der Waals surface area contributed by atoms with Crippen molar-refractivity contribution in [3.8, 4) is 0 Å². The van der Waals surface area contributed by atoms with Crippen molar-refractivity contribution in [1.82, 2.24) is 10.2 Å². The molecule has 3 aromatic carbocycles. The molecule has 0 saturated heterocycles. The molecule has 0 aliphatic heterocycles. The largest absolute Gasteiger partial charge is 0.352 e. The van der Waals surface area contributed by atoms with Gasteiger partial charge >= 0.3 is 0 Å². The highest BCUT2D eigenvalue weighted by atomic mass is 35.5. The Bertz CT molecular complexity index is 1190. The summed E-state index contributed by atoms with van der Waals surface area (Å²) in [5.74, 6) is -0.0591. The molecule has 0 aromatic heterocycles. The lowest BCUT2D eigenvalue weighted by Crippen LogP contribution is -2.52. The normalized spacial score (nSPS) is 14.3. The van der Waals surface area contributed by atoms with Crippen molar-refractivity contribution in [2.24, 2.45) is 0 Å². The van der Waals surface area contributed by atoms with Gasteiger partial charge in [0.05, 0.1) is 5.75 Å². The quantitative estimate of drug-likeness (QED) is 0.307. The van der Waals surface area contributed by atoms with E-state index in [-0.39, 0.29) is 30.2 Å². The van der Waals surface area contributed by atoms with Crippen LogP contribution in [-0.4, -0.2) is 34.6 Å². The Morgan fingerprint density at radius 2 is 1.59 bits per heavy atom. The van der Waals surface area contributed by atoms with E-state index in [0.29, 0.717) is 22.8 Å². The van der Waals surface area contributed by atoms with Crippen molar-refractivity contribution in [3.63, 3.8) is 0 Å². The van der Waals surface area contributed by atoms with Gasteiger partial charge in [-0.25, -0.2) is 4.39 Å². The Morgan fingerprint density at radius 1 is 0.946 bits per heavy atom. The lowest BCUT2D eigenvalue weighted by Gasteiger charge is -2.32. The summed E-state index contributed by atoms with van der Waals surface area (Å²) in [7, 11) is 0. The van der Waals surface area contributed by atoms with Gasteiger partial charge in [0, 0.05) is 35.3 Å². The smallest absolute Gasteiger partial charge is 0.243 e.